The van der Waals surface area contributed by atoms with Crippen LogP contribution in [0.2, 0.25) is 0 Å². The molecule has 94 valence electrons. The number of benzene rings is 2. The predicted octanol–water partition coefficient (Wildman–Crippen LogP) is 3.25. The van der Waals surface area contributed by atoms with Crippen LogP contribution < -0.4 is 5.73 Å². The van der Waals surface area contributed by atoms with Crippen LogP contribution in [0.4, 0.5) is 4.39 Å². The van der Waals surface area contributed by atoms with Crippen molar-refractivity contribution in [2.75, 3.05) is 0 Å². The zero-order valence-electron chi connectivity index (χ0n) is 10.6. The number of nitrogens with two attached hydrogens (primary N) is 1. The van der Waals surface area contributed by atoms with Crippen molar-refractivity contribution < 1.29 is 4.39 Å². The van der Waals surface area contributed by atoms with Crippen molar-refractivity contribution in [3.05, 3.63) is 71.0 Å². The van der Waals surface area contributed by atoms with Gasteiger partial charge in [0.05, 0.1) is 0 Å². The van der Waals surface area contributed by atoms with E-state index in [1.165, 1.54) is 11.6 Å². The van der Waals surface area contributed by atoms with Gasteiger partial charge in [-0.2, -0.15) is 0 Å². The smallest absolute Gasteiger partial charge is 0.126 e. The minimum absolute atomic E-state index is 0.0521. The van der Waals surface area contributed by atoms with Gasteiger partial charge in [0.2, 0.25) is 0 Å². The van der Waals surface area contributed by atoms with Gasteiger partial charge < -0.3 is 5.73 Å². The van der Waals surface area contributed by atoms with Crippen LogP contribution in [0.25, 0.3) is 0 Å². The Hall–Kier alpha value is -1.67. The van der Waals surface area contributed by atoms with Gasteiger partial charge in [0.25, 0.3) is 0 Å². The number of halogens is 1. The van der Waals surface area contributed by atoms with Gasteiger partial charge in [-0.05, 0) is 37.0 Å². The highest BCUT2D eigenvalue weighted by Gasteiger charge is 2.09. The van der Waals surface area contributed by atoms with Crippen LogP contribution in [0.1, 0.15) is 16.7 Å². The standard InChI is InChI=1S/C16H18FN/c1-12-7-8-16(17)14(9-12)11-15(18)10-13-5-3-2-4-6-13/h2-9,15H,10-11,18H2,1H3. The third-order valence-electron chi connectivity index (χ3n) is 3.02. The summed E-state index contributed by atoms with van der Waals surface area (Å²) < 4.78 is 13.6. The molecule has 0 aliphatic rings. The molecule has 0 spiro atoms. The number of aryl methyl sites for hydroxylation is 1. The fraction of sp³-hybridized carbons (Fsp3) is 0.250. The maximum Gasteiger partial charge on any atom is 0.126 e. The van der Waals surface area contributed by atoms with Gasteiger partial charge in [-0.25, -0.2) is 4.39 Å². The summed E-state index contributed by atoms with van der Waals surface area (Å²) in [6.45, 7) is 1.96. The third-order valence-corrected chi connectivity index (χ3v) is 3.02. The van der Waals surface area contributed by atoms with Crippen LogP contribution in [-0.2, 0) is 12.8 Å². The van der Waals surface area contributed by atoms with Gasteiger partial charge in [-0.1, -0.05) is 48.0 Å². The molecule has 2 heteroatoms. The topological polar surface area (TPSA) is 26.0 Å². The Morgan fingerprint density at radius 2 is 1.78 bits per heavy atom. The summed E-state index contributed by atoms with van der Waals surface area (Å²) >= 11 is 0. The predicted molar refractivity (Wildman–Crippen MR) is 73.0 cm³/mol. The molecule has 0 aliphatic heterocycles. The largest absolute Gasteiger partial charge is 0.327 e. The minimum Gasteiger partial charge on any atom is -0.327 e. The van der Waals surface area contributed by atoms with Crippen molar-refractivity contribution in [1.29, 1.82) is 0 Å². The van der Waals surface area contributed by atoms with E-state index in [1.54, 1.807) is 6.07 Å². The molecule has 0 heterocycles. The Balaban J connectivity index is 2.03. The molecule has 0 aromatic heterocycles. The highest BCUT2D eigenvalue weighted by molar-refractivity contribution is 5.25. The Morgan fingerprint density at radius 1 is 1.06 bits per heavy atom. The second kappa shape index (κ2) is 5.78. The first-order valence-electron chi connectivity index (χ1n) is 6.19. The van der Waals surface area contributed by atoms with Crippen LogP contribution >= 0.6 is 0 Å². The molecule has 0 radical (unpaired) electrons. The quantitative estimate of drug-likeness (QED) is 0.876. The summed E-state index contributed by atoms with van der Waals surface area (Å²) in [5, 5.41) is 0. The van der Waals surface area contributed by atoms with Crippen molar-refractivity contribution in [1.82, 2.24) is 0 Å². The van der Waals surface area contributed by atoms with Crippen molar-refractivity contribution >= 4 is 0 Å². The van der Waals surface area contributed by atoms with E-state index in [2.05, 4.69) is 0 Å². The lowest BCUT2D eigenvalue weighted by atomic mass is 9.98. The minimum atomic E-state index is -0.163. The van der Waals surface area contributed by atoms with E-state index in [1.807, 2.05) is 43.3 Å². The van der Waals surface area contributed by atoms with E-state index < -0.39 is 0 Å². The van der Waals surface area contributed by atoms with Crippen LogP contribution in [-0.4, -0.2) is 6.04 Å². The zero-order chi connectivity index (χ0) is 13.0. The summed E-state index contributed by atoms with van der Waals surface area (Å²) in [6, 6.07) is 15.2. The van der Waals surface area contributed by atoms with Gasteiger partial charge in [-0.15, -0.1) is 0 Å². The van der Waals surface area contributed by atoms with Crippen molar-refractivity contribution in [2.45, 2.75) is 25.8 Å². The highest BCUT2D eigenvalue weighted by Crippen LogP contribution is 2.13. The van der Waals surface area contributed by atoms with Crippen molar-refractivity contribution in [3.63, 3.8) is 0 Å². The Morgan fingerprint density at radius 3 is 2.50 bits per heavy atom. The lowest BCUT2D eigenvalue weighted by molar-refractivity contribution is 0.583. The van der Waals surface area contributed by atoms with Gasteiger partial charge in [0, 0.05) is 6.04 Å². The zero-order valence-corrected chi connectivity index (χ0v) is 10.6. The Bertz CT molecular complexity index is 508. The SMILES string of the molecule is Cc1ccc(F)c(CC(N)Cc2ccccc2)c1. The lowest BCUT2D eigenvalue weighted by Gasteiger charge is -2.13. The van der Waals surface area contributed by atoms with Crippen molar-refractivity contribution in [2.24, 2.45) is 5.73 Å². The molecule has 2 aromatic carbocycles. The fourth-order valence-corrected chi connectivity index (χ4v) is 2.13. The Kier molecular flexibility index (Phi) is 4.11. The second-order valence-electron chi connectivity index (χ2n) is 4.75. The molecule has 1 atom stereocenters. The third kappa shape index (κ3) is 3.41. The first kappa shape index (κ1) is 12.8. The van der Waals surface area contributed by atoms with E-state index in [9.17, 15) is 4.39 Å². The molecule has 18 heavy (non-hydrogen) atoms. The number of rotatable bonds is 4. The first-order valence-corrected chi connectivity index (χ1v) is 6.19. The molecule has 1 unspecified atom stereocenters. The van der Waals surface area contributed by atoms with Crippen LogP contribution in [0.3, 0.4) is 0 Å². The maximum atomic E-state index is 13.6. The van der Waals surface area contributed by atoms with Crippen molar-refractivity contribution in [3.8, 4) is 0 Å². The molecule has 1 nitrogen and oxygen atoms in total. The Labute approximate surface area is 107 Å². The first-order chi connectivity index (χ1) is 8.65. The molecule has 0 saturated heterocycles. The fourth-order valence-electron chi connectivity index (χ4n) is 2.13. The van der Waals surface area contributed by atoms with E-state index >= 15 is 0 Å². The van der Waals surface area contributed by atoms with E-state index in [0.717, 1.165) is 12.0 Å². The van der Waals surface area contributed by atoms with Gasteiger partial charge in [0.1, 0.15) is 5.82 Å². The van der Waals surface area contributed by atoms with Crippen LogP contribution in [0, 0.1) is 12.7 Å². The molecule has 2 rings (SSSR count). The summed E-state index contributed by atoms with van der Waals surface area (Å²) in [5.41, 5.74) is 9.06. The van der Waals surface area contributed by atoms with Gasteiger partial charge >= 0.3 is 0 Å². The van der Waals surface area contributed by atoms with Crippen LogP contribution in [0.5, 0.6) is 0 Å². The molecular formula is C16H18FN. The molecule has 2 N–H and O–H groups in total. The molecule has 0 saturated carbocycles. The van der Waals surface area contributed by atoms with E-state index in [-0.39, 0.29) is 11.9 Å². The average Bonchev–Trinajstić information content (AvgIpc) is 2.35. The molecule has 0 amide bonds. The van der Waals surface area contributed by atoms with E-state index in [4.69, 9.17) is 5.73 Å². The summed E-state index contributed by atoms with van der Waals surface area (Å²) in [7, 11) is 0. The molecule has 2 aromatic rings. The molecule has 0 aliphatic carbocycles. The average molecular weight is 243 g/mol. The molecular weight excluding hydrogens is 225 g/mol. The van der Waals surface area contributed by atoms with Crippen LogP contribution in [0.15, 0.2) is 48.5 Å². The summed E-state index contributed by atoms with van der Waals surface area (Å²) in [5.74, 6) is -0.163. The summed E-state index contributed by atoms with van der Waals surface area (Å²) in [4.78, 5) is 0. The molecule has 0 bridgehead atoms. The lowest BCUT2D eigenvalue weighted by Crippen LogP contribution is -2.26. The van der Waals surface area contributed by atoms with Gasteiger partial charge in [-0.3, -0.25) is 0 Å². The normalized spacial score (nSPS) is 12.4. The molecule has 0 fully saturated rings. The maximum absolute atomic E-state index is 13.6. The number of hydrogen-bond acceptors (Lipinski definition) is 1. The number of hydrogen-bond donors (Lipinski definition) is 1. The van der Waals surface area contributed by atoms with E-state index in [0.29, 0.717) is 12.0 Å². The second-order valence-corrected chi connectivity index (χ2v) is 4.75. The summed E-state index contributed by atoms with van der Waals surface area (Å²) in [6.07, 6.45) is 1.34. The monoisotopic (exact) mass is 243 g/mol. The van der Waals surface area contributed by atoms with Gasteiger partial charge in [0.15, 0.2) is 0 Å². The highest BCUT2D eigenvalue weighted by atomic mass is 19.1.